The van der Waals surface area contributed by atoms with E-state index in [1.54, 1.807) is 5.43 Å². The Kier molecular flexibility index (Phi) is 4.34. The first kappa shape index (κ1) is 11.3. The second-order valence-electron chi connectivity index (χ2n) is 2.07. The van der Waals surface area contributed by atoms with Gasteiger partial charge < -0.3 is 0 Å². The van der Waals surface area contributed by atoms with Crippen molar-refractivity contribution in [3.05, 3.63) is 12.2 Å². The number of nitrogens with one attached hydrogen (secondary N) is 1. The minimum Gasteiger partial charge on any atom is -0.291 e. The number of hydrogen-bond acceptors (Lipinski definition) is 5. The van der Waals surface area contributed by atoms with E-state index >= 15 is 0 Å². The van der Waals surface area contributed by atoms with Crippen molar-refractivity contribution >= 4 is 17.7 Å². The summed E-state index contributed by atoms with van der Waals surface area (Å²) in [7, 11) is 0. The van der Waals surface area contributed by atoms with Gasteiger partial charge in [0.05, 0.1) is 0 Å². The van der Waals surface area contributed by atoms with Crippen LogP contribution < -0.4 is 17.1 Å². The quantitative estimate of drug-likeness (QED) is 0.195. The summed E-state index contributed by atoms with van der Waals surface area (Å²) in [4.78, 5) is 31.9. The minimum atomic E-state index is -0.795. The van der Waals surface area contributed by atoms with Crippen LogP contribution >= 0.6 is 0 Å². The molecule has 0 aliphatic heterocycles. The van der Waals surface area contributed by atoms with Crippen LogP contribution in [0.1, 0.15) is 6.92 Å². The van der Waals surface area contributed by atoms with E-state index in [-0.39, 0.29) is 0 Å². The topological polar surface area (TPSA) is 119 Å². The van der Waals surface area contributed by atoms with E-state index in [1.165, 1.54) is 0 Å². The van der Waals surface area contributed by atoms with Gasteiger partial charge in [0.2, 0.25) is 5.91 Å². The van der Waals surface area contributed by atoms with Gasteiger partial charge in [-0.1, -0.05) is 0 Å². The molecular weight excluding hydrogens is 176 g/mol. The van der Waals surface area contributed by atoms with Crippen molar-refractivity contribution in [1.82, 2.24) is 10.4 Å². The van der Waals surface area contributed by atoms with E-state index in [0.717, 1.165) is 19.1 Å². The van der Waals surface area contributed by atoms with Gasteiger partial charge in [0.1, 0.15) is 0 Å². The Hall–Kier alpha value is -1.73. The van der Waals surface area contributed by atoms with Crippen LogP contribution in [0.25, 0.3) is 0 Å². The smallest absolute Gasteiger partial charge is 0.267 e. The lowest BCUT2D eigenvalue weighted by Gasteiger charge is -2.07. The van der Waals surface area contributed by atoms with Gasteiger partial charge in [-0.3, -0.25) is 19.8 Å². The molecule has 0 fully saturated rings. The Labute approximate surface area is 74.3 Å². The molecule has 0 aromatic heterocycles. The van der Waals surface area contributed by atoms with E-state index < -0.39 is 17.7 Å². The van der Waals surface area contributed by atoms with Crippen LogP contribution in [0.3, 0.4) is 0 Å². The minimum absolute atomic E-state index is 0.375. The number of nitrogens with two attached hydrogens (primary N) is 2. The zero-order valence-electron chi connectivity index (χ0n) is 6.98. The predicted octanol–water partition coefficient (Wildman–Crippen LogP) is -2.22. The molecule has 0 saturated carbocycles. The monoisotopic (exact) mass is 186 g/mol. The molecular formula is C6H10N4O3. The largest absolute Gasteiger partial charge is 0.291 e. The van der Waals surface area contributed by atoms with Gasteiger partial charge >= 0.3 is 0 Å². The number of rotatable bonds is 2. The zero-order chi connectivity index (χ0) is 10.4. The van der Waals surface area contributed by atoms with Crippen LogP contribution in [0.5, 0.6) is 0 Å². The van der Waals surface area contributed by atoms with E-state index in [4.69, 9.17) is 11.7 Å². The Morgan fingerprint density at radius 3 is 2.23 bits per heavy atom. The van der Waals surface area contributed by atoms with Crippen molar-refractivity contribution in [3.8, 4) is 0 Å². The first-order chi connectivity index (χ1) is 5.99. The second-order valence-corrected chi connectivity index (χ2v) is 2.07. The molecule has 0 radical (unpaired) electrons. The number of hydrogen-bond donors (Lipinski definition) is 3. The Bertz CT molecular complexity index is 261. The third kappa shape index (κ3) is 3.99. The highest BCUT2D eigenvalue weighted by Gasteiger charge is 2.09. The van der Waals surface area contributed by atoms with Crippen LogP contribution in [0, 0.1) is 0 Å². The van der Waals surface area contributed by atoms with Crippen LogP contribution in [0.2, 0.25) is 0 Å². The highest BCUT2D eigenvalue weighted by Crippen LogP contribution is 1.84. The average molecular weight is 186 g/mol. The lowest BCUT2D eigenvalue weighted by molar-refractivity contribution is -0.140. The average Bonchev–Trinajstić information content (AvgIpc) is 2.11. The number of carbonyl (C=O) groups excluding carboxylic acids is 3. The SMILES string of the molecule is CC(=O)N(N)C(=O)C=CC(=O)NN. The van der Waals surface area contributed by atoms with Crippen molar-refractivity contribution in [2.45, 2.75) is 6.92 Å². The van der Waals surface area contributed by atoms with E-state index in [1.807, 2.05) is 0 Å². The fourth-order valence-electron chi connectivity index (χ4n) is 0.431. The predicted molar refractivity (Wildman–Crippen MR) is 43.2 cm³/mol. The molecule has 0 spiro atoms. The number of carbonyl (C=O) groups is 3. The zero-order valence-corrected chi connectivity index (χ0v) is 6.98. The van der Waals surface area contributed by atoms with Crippen molar-refractivity contribution in [3.63, 3.8) is 0 Å². The van der Waals surface area contributed by atoms with Gasteiger partial charge in [-0.15, -0.1) is 0 Å². The molecule has 0 aliphatic rings. The Morgan fingerprint density at radius 1 is 1.31 bits per heavy atom. The molecule has 0 saturated heterocycles. The van der Waals surface area contributed by atoms with Crippen molar-refractivity contribution in [2.24, 2.45) is 11.7 Å². The fourth-order valence-corrected chi connectivity index (χ4v) is 0.431. The summed E-state index contributed by atoms with van der Waals surface area (Å²) >= 11 is 0. The normalized spacial score (nSPS) is 9.77. The molecule has 0 atom stereocenters. The lowest BCUT2D eigenvalue weighted by atomic mass is 10.4. The van der Waals surface area contributed by atoms with Crippen molar-refractivity contribution in [1.29, 1.82) is 0 Å². The van der Waals surface area contributed by atoms with Gasteiger partial charge in [0.15, 0.2) is 0 Å². The number of imide groups is 1. The van der Waals surface area contributed by atoms with E-state index in [0.29, 0.717) is 5.01 Å². The highest BCUT2D eigenvalue weighted by atomic mass is 16.2. The van der Waals surface area contributed by atoms with Gasteiger partial charge in [0, 0.05) is 19.1 Å². The first-order valence-corrected chi connectivity index (χ1v) is 3.27. The third-order valence-electron chi connectivity index (χ3n) is 1.10. The Balaban J connectivity index is 4.23. The molecule has 0 bridgehead atoms. The molecule has 0 rings (SSSR count). The molecule has 0 heterocycles. The van der Waals surface area contributed by atoms with Gasteiger partial charge in [-0.05, 0) is 0 Å². The van der Waals surface area contributed by atoms with Crippen LogP contribution in [-0.4, -0.2) is 22.7 Å². The molecule has 72 valence electrons. The molecule has 0 aromatic rings. The summed E-state index contributed by atoms with van der Waals surface area (Å²) in [5.41, 5.74) is 1.77. The molecule has 13 heavy (non-hydrogen) atoms. The van der Waals surface area contributed by atoms with Crippen LogP contribution in [0.15, 0.2) is 12.2 Å². The summed E-state index contributed by atoms with van der Waals surface area (Å²) in [5.74, 6) is 7.65. The summed E-state index contributed by atoms with van der Waals surface area (Å²) in [6.07, 6.45) is 1.70. The van der Waals surface area contributed by atoms with Crippen LogP contribution in [0.4, 0.5) is 0 Å². The van der Waals surface area contributed by atoms with Gasteiger partial charge in [-0.2, -0.15) is 0 Å². The highest BCUT2D eigenvalue weighted by molar-refractivity contribution is 6.02. The number of hydrazine groups is 2. The molecule has 5 N–H and O–H groups in total. The number of nitrogens with zero attached hydrogens (tertiary/aromatic N) is 1. The van der Waals surface area contributed by atoms with Gasteiger partial charge in [0.25, 0.3) is 11.8 Å². The van der Waals surface area contributed by atoms with E-state index in [2.05, 4.69) is 0 Å². The summed E-state index contributed by atoms with van der Waals surface area (Å²) < 4.78 is 0. The molecule has 7 heteroatoms. The Morgan fingerprint density at radius 2 is 1.85 bits per heavy atom. The summed E-state index contributed by atoms with van der Waals surface area (Å²) in [6.45, 7) is 1.12. The maximum Gasteiger partial charge on any atom is 0.267 e. The summed E-state index contributed by atoms with van der Waals surface area (Å²) in [5, 5.41) is 0.375. The van der Waals surface area contributed by atoms with E-state index in [9.17, 15) is 14.4 Å². The number of amides is 3. The standard InChI is InChI=1S/C6H10N4O3/c1-4(11)10(8)6(13)3-2-5(12)9-7/h2-3H,7-8H2,1H3,(H,9,12). The third-order valence-corrected chi connectivity index (χ3v) is 1.10. The maximum absolute atomic E-state index is 10.9. The molecule has 3 amide bonds. The molecule has 7 nitrogen and oxygen atoms in total. The molecule has 0 aliphatic carbocycles. The van der Waals surface area contributed by atoms with Crippen molar-refractivity contribution in [2.75, 3.05) is 0 Å². The maximum atomic E-state index is 10.9. The van der Waals surface area contributed by atoms with Gasteiger partial charge in [-0.25, -0.2) is 16.7 Å². The van der Waals surface area contributed by atoms with Crippen LogP contribution in [-0.2, 0) is 14.4 Å². The summed E-state index contributed by atoms with van der Waals surface area (Å²) in [6, 6.07) is 0. The van der Waals surface area contributed by atoms with Crippen molar-refractivity contribution < 1.29 is 14.4 Å². The lowest BCUT2D eigenvalue weighted by Crippen LogP contribution is -2.40. The molecule has 0 unspecified atom stereocenters. The molecule has 0 aromatic carbocycles. The first-order valence-electron chi connectivity index (χ1n) is 3.27. The fraction of sp³-hybridized carbons (Fsp3) is 0.167. The second kappa shape index (κ2) is 5.01.